The average Bonchev–Trinajstić information content (AvgIpc) is 2.86. The lowest BCUT2D eigenvalue weighted by molar-refractivity contribution is -0.139. The number of rotatable bonds is 15. The van der Waals surface area contributed by atoms with Crippen molar-refractivity contribution in [2.24, 2.45) is 0 Å². The van der Waals surface area contributed by atoms with Gasteiger partial charge in [0.2, 0.25) is 0 Å². The van der Waals surface area contributed by atoms with Crippen molar-refractivity contribution in [2.75, 3.05) is 19.8 Å². The summed E-state index contributed by atoms with van der Waals surface area (Å²) >= 11 is 0. The summed E-state index contributed by atoms with van der Waals surface area (Å²) in [7, 11) is 0. The fraction of sp³-hybridized carbons (Fsp3) is 0.286. The van der Waals surface area contributed by atoms with Crippen LogP contribution in [0.5, 0.6) is 0 Å². The largest absolute Gasteiger partial charge is 0.478 e. The first-order chi connectivity index (χ1) is 18.3. The SMILES string of the molecule is O=C(O)/C=C/C(=O)OCCn1c(=O)n(CCOC(=O)/C=C/C(=O)O)c(=O)n(CCOC(=O)/C=C/C(=O)O)c1=O. The van der Waals surface area contributed by atoms with Gasteiger partial charge < -0.3 is 29.5 Å². The zero-order valence-electron chi connectivity index (χ0n) is 19.8. The molecule has 0 unspecified atom stereocenters. The summed E-state index contributed by atoms with van der Waals surface area (Å²) in [5.74, 6) is -7.63. The maximum Gasteiger partial charge on any atom is 0.336 e. The summed E-state index contributed by atoms with van der Waals surface area (Å²) in [5.41, 5.74) is -3.63. The molecule has 3 N–H and O–H groups in total. The topological polar surface area (TPSA) is 257 Å². The van der Waals surface area contributed by atoms with Gasteiger partial charge in [-0.2, -0.15) is 0 Å². The van der Waals surface area contributed by atoms with Crippen molar-refractivity contribution in [3.63, 3.8) is 0 Å². The number of hydrogen-bond acceptors (Lipinski definition) is 12. The van der Waals surface area contributed by atoms with E-state index in [1.807, 2.05) is 0 Å². The van der Waals surface area contributed by atoms with Gasteiger partial charge in [-0.25, -0.2) is 56.9 Å². The number of esters is 3. The minimum absolute atomic E-state index is 0.466. The number of carboxylic acids is 3. The van der Waals surface area contributed by atoms with E-state index in [9.17, 15) is 43.2 Å². The maximum atomic E-state index is 12.8. The number of carbonyl (C=O) groups excluding carboxylic acids is 3. The molecule has 0 fully saturated rings. The van der Waals surface area contributed by atoms with Crippen LogP contribution in [-0.2, 0) is 62.6 Å². The first kappa shape index (κ1) is 31.5. The van der Waals surface area contributed by atoms with E-state index in [1.54, 1.807) is 0 Å². The van der Waals surface area contributed by atoms with Gasteiger partial charge in [0.25, 0.3) is 0 Å². The van der Waals surface area contributed by atoms with Crippen molar-refractivity contribution in [3.05, 3.63) is 67.9 Å². The van der Waals surface area contributed by atoms with Crippen molar-refractivity contribution >= 4 is 35.8 Å². The van der Waals surface area contributed by atoms with Crippen LogP contribution in [0.4, 0.5) is 0 Å². The summed E-state index contributed by atoms with van der Waals surface area (Å²) in [6, 6.07) is 0. The molecule has 0 saturated heterocycles. The smallest absolute Gasteiger partial charge is 0.336 e. The minimum Gasteiger partial charge on any atom is -0.478 e. The lowest BCUT2D eigenvalue weighted by Gasteiger charge is -2.14. The van der Waals surface area contributed by atoms with Crippen LogP contribution in [0.2, 0.25) is 0 Å². The number of nitrogens with zero attached hydrogens (tertiary/aromatic N) is 3. The van der Waals surface area contributed by atoms with E-state index in [1.165, 1.54) is 0 Å². The Morgan fingerprint density at radius 1 is 0.487 bits per heavy atom. The normalized spacial score (nSPS) is 11.1. The van der Waals surface area contributed by atoms with Crippen LogP contribution in [0.15, 0.2) is 50.8 Å². The molecule has 18 nitrogen and oxygen atoms in total. The summed E-state index contributed by atoms with van der Waals surface area (Å²) in [6.45, 7) is -3.65. The monoisotopic (exact) mass is 555 g/mol. The summed E-state index contributed by atoms with van der Waals surface area (Å²) in [5, 5.41) is 25.5. The van der Waals surface area contributed by atoms with Gasteiger partial charge in [-0.05, 0) is 0 Å². The second-order valence-electron chi connectivity index (χ2n) is 6.82. The number of carboxylic acid groups (broad SMARTS) is 3. The number of carbonyl (C=O) groups is 6. The molecule has 0 radical (unpaired) electrons. The van der Waals surface area contributed by atoms with Crippen LogP contribution in [0.3, 0.4) is 0 Å². The Morgan fingerprint density at radius 3 is 0.923 bits per heavy atom. The third-order valence-corrected chi connectivity index (χ3v) is 4.15. The fourth-order valence-corrected chi connectivity index (χ4v) is 2.53. The van der Waals surface area contributed by atoms with Gasteiger partial charge in [-0.3, -0.25) is 0 Å². The van der Waals surface area contributed by atoms with E-state index in [0.29, 0.717) is 50.2 Å². The van der Waals surface area contributed by atoms with Crippen molar-refractivity contribution < 1.29 is 58.3 Å². The second kappa shape index (κ2) is 15.5. The molecular formula is C21H21N3O15. The molecule has 0 aliphatic carbocycles. The van der Waals surface area contributed by atoms with Crippen molar-refractivity contribution in [1.29, 1.82) is 0 Å². The van der Waals surface area contributed by atoms with E-state index < -0.39 is 92.3 Å². The average molecular weight is 555 g/mol. The standard InChI is InChI=1S/C21H21N3O15/c25-13(26)1-4-16(31)37-10-7-22-19(34)23(8-11-38-17(32)5-2-14(27)28)21(36)24(20(22)35)9-12-39-18(33)6-3-15(29)30/h1-6H,7-12H2,(H,25,26)(H,27,28)(H,29,30)/b4-1+,5-2+,6-3+. The number of aliphatic carboxylic acids is 3. The maximum absolute atomic E-state index is 12.8. The molecule has 1 aromatic rings. The molecule has 210 valence electrons. The van der Waals surface area contributed by atoms with Gasteiger partial charge in [-0.1, -0.05) is 0 Å². The van der Waals surface area contributed by atoms with Crippen molar-refractivity contribution in [1.82, 2.24) is 13.7 Å². The molecule has 0 aliphatic rings. The predicted octanol–water partition coefficient (Wildman–Crippen LogP) is -3.28. The van der Waals surface area contributed by atoms with Gasteiger partial charge in [0.15, 0.2) is 0 Å². The number of ether oxygens (including phenoxy) is 3. The molecular weight excluding hydrogens is 534 g/mol. The fourth-order valence-electron chi connectivity index (χ4n) is 2.53. The Balaban J connectivity index is 3.19. The molecule has 0 atom stereocenters. The lowest BCUT2D eigenvalue weighted by Crippen LogP contribution is -2.55. The van der Waals surface area contributed by atoms with E-state index in [4.69, 9.17) is 29.5 Å². The Morgan fingerprint density at radius 2 is 0.718 bits per heavy atom. The Kier molecular flexibility index (Phi) is 12.5. The third kappa shape index (κ3) is 11.4. The van der Waals surface area contributed by atoms with Crippen LogP contribution >= 0.6 is 0 Å². The van der Waals surface area contributed by atoms with Crippen molar-refractivity contribution in [2.45, 2.75) is 19.6 Å². The first-order valence-electron chi connectivity index (χ1n) is 10.5. The first-order valence-corrected chi connectivity index (χ1v) is 10.5. The Bertz CT molecular complexity index is 1190. The van der Waals surface area contributed by atoms with E-state index in [0.717, 1.165) is 0 Å². The Hall–Kier alpha value is -5.55. The highest BCUT2D eigenvalue weighted by Gasteiger charge is 2.17. The zero-order chi connectivity index (χ0) is 29.5. The predicted molar refractivity (Wildman–Crippen MR) is 122 cm³/mol. The highest BCUT2D eigenvalue weighted by atomic mass is 16.5. The van der Waals surface area contributed by atoms with Crippen LogP contribution in [0, 0.1) is 0 Å². The molecule has 18 heteroatoms. The zero-order valence-corrected chi connectivity index (χ0v) is 19.8. The molecule has 0 amide bonds. The van der Waals surface area contributed by atoms with Gasteiger partial charge in [-0.15, -0.1) is 0 Å². The summed E-state index contributed by atoms with van der Waals surface area (Å²) in [6.07, 6.45) is 3.19. The number of aromatic nitrogens is 3. The molecule has 1 heterocycles. The molecule has 0 saturated carbocycles. The Labute approximate surface area is 215 Å². The van der Waals surface area contributed by atoms with Crippen LogP contribution in [0.25, 0.3) is 0 Å². The number of hydrogen-bond donors (Lipinski definition) is 3. The van der Waals surface area contributed by atoms with Gasteiger partial charge in [0.05, 0.1) is 19.6 Å². The molecule has 0 aliphatic heterocycles. The van der Waals surface area contributed by atoms with Crippen LogP contribution in [-0.4, -0.2) is 84.7 Å². The molecule has 1 aromatic heterocycles. The highest BCUT2D eigenvalue weighted by molar-refractivity contribution is 5.91. The summed E-state index contributed by atoms with van der Waals surface area (Å²) in [4.78, 5) is 104. The van der Waals surface area contributed by atoms with E-state index in [2.05, 4.69) is 0 Å². The molecule has 0 spiro atoms. The van der Waals surface area contributed by atoms with Crippen LogP contribution < -0.4 is 17.1 Å². The lowest BCUT2D eigenvalue weighted by atomic mass is 10.5. The highest BCUT2D eigenvalue weighted by Crippen LogP contribution is 1.89. The third-order valence-electron chi connectivity index (χ3n) is 4.15. The van der Waals surface area contributed by atoms with E-state index in [-0.39, 0.29) is 0 Å². The minimum atomic E-state index is -1.43. The molecule has 1 rings (SSSR count). The van der Waals surface area contributed by atoms with Gasteiger partial charge in [0.1, 0.15) is 19.8 Å². The second-order valence-corrected chi connectivity index (χ2v) is 6.82. The van der Waals surface area contributed by atoms with Crippen LogP contribution in [0.1, 0.15) is 0 Å². The van der Waals surface area contributed by atoms with Crippen molar-refractivity contribution in [3.8, 4) is 0 Å². The molecule has 39 heavy (non-hydrogen) atoms. The van der Waals surface area contributed by atoms with Gasteiger partial charge in [0, 0.05) is 36.5 Å². The quantitative estimate of drug-likeness (QED) is 0.109. The summed E-state index contributed by atoms with van der Waals surface area (Å²) < 4.78 is 15.5. The molecule has 0 aromatic carbocycles. The van der Waals surface area contributed by atoms with E-state index >= 15 is 0 Å². The molecule has 0 bridgehead atoms. The van der Waals surface area contributed by atoms with Gasteiger partial charge >= 0.3 is 52.9 Å².